The van der Waals surface area contributed by atoms with Gasteiger partial charge in [0.2, 0.25) is 5.95 Å². The monoisotopic (exact) mass is 341 g/mol. The molecule has 2 amide bonds. The lowest BCUT2D eigenvalue weighted by molar-refractivity contribution is 0.262. The zero-order valence-corrected chi connectivity index (χ0v) is 13.8. The highest BCUT2D eigenvalue weighted by atomic mass is 35.5. The number of aromatic nitrogens is 3. The van der Waals surface area contributed by atoms with Crippen LogP contribution in [-0.2, 0) is 6.54 Å². The van der Waals surface area contributed by atoms with Crippen LogP contribution >= 0.6 is 11.6 Å². The Labute approximate surface area is 144 Å². The first-order valence-electron chi connectivity index (χ1n) is 7.37. The van der Waals surface area contributed by atoms with E-state index in [9.17, 15) is 4.79 Å². The first-order valence-corrected chi connectivity index (χ1v) is 7.75. The van der Waals surface area contributed by atoms with Crippen LogP contribution in [-0.4, -0.2) is 20.8 Å². The zero-order valence-electron chi connectivity index (χ0n) is 13.0. The van der Waals surface area contributed by atoms with Crippen molar-refractivity contribution in [2.75, 3.05) is 10.6 Å². The Bertz CT molecular complexity index is 861. The average molecular weight is 342 g/mol. The molecule has 0 aliphatic carbocycles. The van der Waals surface area contributed by atoms with Crippen LogP contribution in [0.15, 0.2) is 54.9 Å². The number of aryl methyl sites for hydroxylation is 1. The summed E-state index contributed by atoms with van der Waals surface area (Å²) in [5.74, 6) is 0.238. The van der Waals surface area contributed by atoms with Crippen molar-refractivity contribution in [1.29, 1.82) is 0 Å². The lowest BCUT2D eigenvalue weighted by Gasteiger charge is -2.05. The van der Waals surface area contributed by atoms with Crippen molar-refractivity contribution < 1.29 is 4.79 Å². The van der Waals surface area contributed by atoms with E-state index in [-0.39, 0.29) is 12.0 Å². The summed E-state index contributed by atoms with van der Waals surface area (Å²) in [6, 6.07) is 14.7. The van der Waals surface area contributed by atoms with Crippen LogP contribution in [0.4, 0.5) is 16.4 Å². The lowest BCUT2D eigenvalue weighted by atomic mass is 10.2. The third-order valence-electron chi connectivity index (χ3n) is 3.27. The molecule has 7 heteroatoms. The van der Waals surface area contributed by atoms with Crippen LogP contribution in [0.5, 0.6) is 0 Å². The number of nitrogens with zero attached hydrogens (tertiary/aromatic N) is 3. The van der Waals surface area contributed by atoms with Crippen LogP contribution in [0.2, 0.25) is 5.02 Å². The molecular formula is C17H16ClN5O. The minimum Gasteiger partial charge on any atom is -0.308 e. The van der Waals surface area contributed by atoms with Crippen molar-refractivity contribution in [3.05, 3.63) is 71.0 Å². The molecule has 24 heavy (non-hydrogen) atoms. The maximum atomic E-state index is 12.0. The van der Waals surface area contributed by atoms with E-state index in [1.54, 1.807) is 11.0 Å². The summed E-state index contributed by atoms with van der Waals surface area (Å²) in [5, 5.41) is 10.2. The van der Waals surface area contributed by atoms with Gasteiger partial charge < -0.3 is 5.32 Å². The Balaban J connectivity index is 1.60. The SMILES string of the molecule is Cc1cccc(NC(=O)Nc2ncn(Cc3cccc(Cl)c3)n2)c1. The summed E-state index contributed by atoms with van der Waals surface area (Å²) in [6.45, 7) is 2.48. The molecule has 0 aliphatic heterocycles. The zero-order chi connectivity index (χ0) is 16.9. The summed E-state index contributed by atoms with van der Waals surface area (Å²) in [5.41, 5.74) is 2.78. The van der Waals surface area contributed by atoms with Crippen molar-refractivity contribution in [2.45, 2.75) is 13.5 Å². The number of nitrogens with one attached hydrogen (secondary N) is 2. The highest BCUT2D eigenvalue weighted by Crippen LogP contribution is 2.12. The van der Waals surface area contributed by atoms with Crippen molar-refractivity contribution in [3.8, 4) is 0 Å². The van der Waals surface area contributed by atoms with Gasteiger partial charge in [0.05, 0.1) is 6.54 Å². The van der Waals surface area contributed by atoms with Crippen LogP contribution in [0, 0.1) is 6.92 Å². The quantitative estimate of drug-likeness (QED) is 0.755. The van der Waals surface area contributed by atoms with Gasteiger partial charge in [0.15, 0.2) is 0 Å². The van der Waals surface area contributed by atoms with E-state index in [1.165, 1.54) is 0 Å². The number of rotatable bonds is 4. The highest BCUT2D eigenvalue weighted by molar-refractivity contribution is 6.30. The fourth-order valence-corrected chi connectivity index (χ4v) is 2.45. The Morgan fingerprint density at radius 3 is 2.79 bits per heavy atom. The molecule has 0 saturated heterocycles. The number of urea groups is 1. The molecule has 0 saturated carbocycles. The summed E-state index contributed by atoms with van der Waals surface area (Å²) >= 11 is 5.96. The van der Waals surface area contributed by atoms with E-state index in [2.05, 4.69) is 20.7 Å². The van der Waals surface area contributed by atoms with E-state index >= 15 is 0 Å². The predicted molar refractivity (Wildman–Crippen MR) is 94.4 cm³/mol. The third-order valence-corrected chi connectivity index (χ3v) is 3.51. The van der Waals surface area contributed by atoms with Crippen LogP contribution in [0.25, 0.3) is 0 Å². The molecule has 3 rings (SSSR count). The molecule has 0 spiro atoms. The Morgan fingerprint density at radius 1 is 1.17 bits per heavy atom. The fourth-order valence-electron chi connectivity index (χ4n) is 2.24. The smallest absolute Gasteiger partial charge is 0.308 e. The molecule has 0 radical (unpaired) electrons. The van der Waals surface area contributed by atoms with Crippen molar-refractivity contribution in [2.24, 2.45) is 0 Å². The topological polar surface area (TPSA) is 71.8 Å². The lowest BCUT2D eigenvalue weighted by Crippen LogP contribution is -2.20. The van der Waals surface area contributed by atoms with E-state index in [0.717, 1.165) is 11.1 Å². The molecule has 0 aliphatic rings. The Hall–Kier alpha value is -2.86. The second-order valence-corrected chi connectivity index (χ2v) is 5.78. The molecule has 2 aromatic carbocycles. The Morgan fingerprint density at radius 2 is 2.00 bits per heavy atom. The molecule has 0 atom stereocenters. The van der Waals surface area contributed by atoms with Gasteiger partial charge in [-0.15, -0.1) is 5.10 Å². The Kier molecular flexibility index (Phi) is 4.77. The van der Waals surface area contributed by atoms with Gasteiger partial charge in [-0.1, -0.05) is 35.9 Å². The van der Waals surface area contributed by atoms with Gasteiger partial charge in [0.25, 0.3) is 0 Å². The number of carbonyl (C=O) groups is 1. The van der Waals surface area contributed by atoms with E-state index in [1.807, 2.05) is 55.5 Å². The molecule has 0 bridgehead atoms. The third kappa shape index (κ3) is 4.33. The number of carbonyl (C=O) groups excluding carboxylic acids is 1. The second kappa shape index (κ2) is 7.14. The van der Waals surface area contributed by atoms with E-state index in [0.29, 0.717) is 17.3 Å². The molecule has 0 unspecified atom stereocenters. The minimum absolute atomic E-state index is 0.238. The highest BCUT2D eigenvalue weighted by Gasteiger charge is 2.07. The molecular weight excluding hydrogens is 326 g/mol. The minimum atomic E-state index is -0.388. The molecule has 3 aromatic rings. The van der Waals surface area contributed by atoms with Crippen molar-refractivity contribution in [3.63, 3.8) is 0 Å². The number of benzene rings is 2. The summed E-state index contributed by atoms with van der Waals surface area (Å²) in [6.07, 6.45) is 1.56. The summed E-state index contributed by atoms with van der Waals surface area (Å²) in [7, 11) is 0. The largest absolute Gasteiger partial charge is 0.326 e. The van der Waals surface area contributed by atoms with Crippen LogP contribution in [0.1, 0.15) is 11.1 Å². The van der Waals surface area contributed by atoms with E-state index in [4.69, 9.17) is 11.6 Å². The van der Waals surface area contributed by atoms with Gasteiger partial charge in [-0.05, 0) is 42.3 Å². The number of anilines is 2. The second-order valence-electron chi connectivity index (χ2n) is 5.34. The van der Waals surface area contributed by atoms with Gasteiger partial charge in [-0.2, -0.15) is 0 Å². The van der Waals surface area contributed by atoms with Gasteiger partial charge in [-0.25, -0.2) is 14.5 Å². The summed E-state index contributed by atoms with van der Waals surface area (Å²) < 4.78 is 1.63. The van der Waals surface area contributed by atoms with Crippen LogP contribution < -0.4 is 10.6 Å². The molecule has 122 valence electrons. The predicted octanol–water partition coefficient (Wildman–Crippen LogP) is 3.93. The first-order chi connectivity index (χ1) is 11.6. The van der Waals surface area contributed by atoms with Crippen molar-refractivity contribution >= 4 is 29.3 Å². The molecule has 1 heterocycles. The maximum Gasteiger partial charge on any atom is 0.326 e. The van der Waals surface area contributed by atoms with Gasteiger partial charge in [0.1, 0.15) is 6.33 Å². The maximum absolute atomic E-state index is 12.0. The normalized spacial score (nSPS) is 10.4. The average Bonchev–Trinajstić information content (AvgIpc) is 2.94. The number of hydrogen-bond donors (Lipinski definition) is 2. The molecule has 6 nitrogen and oxygen atoms in total. The number of amides is 2. The van der Waals surface area contributed by atoms with Crippen molar-refractivity contribution in [1.82, 2.24) is 14.8 Å². The number of hydrogen-bond acceptors (Lipinski definition) is 3. The molecule has 1 aromatic heterocycles. The molecule has 0 fully saturated rings. The van der Waals surface area contributed by atoms with Gasteiger partial charge in [-0.3, -0.25) is 5.32 Å². The molecule has 2 N–H and O–H groups in total. The fraction of sp³-hybridized carbons (Fsp3) is 0.118. The van der Waals surface area contributed by atoms with Crippen LogP contribution in [0.3, 0.4) is 0 Å². The standard InChI is InChI=1S/C17H16ClN5O/c1-12-4-2-7-15(8-12)20-17(24)21-16-19-11-23(22-16)10-13-5-3-6-14(18)9-13/h2-9,11H,10H2,1H3,(H2,20,21,22,24). The van der Waals surface area contributed by atoms with Gasteiger partial charge in [0, 0.05) is 10.7 Å². The first kappa shape index (κ1) is 16.0. The van der Waals surface area contributed by atoms with E-state index < -0.39 is 0 Å². The summed E-state index contributed by atoms with van der Waals surface area (Å²) in [4.78, 5) is 16.1. The van der Waals surface area contributed by atoms with Gasteiger partial charge >= 0.3 is 6.03 Å². The number of halogens is 1.